The Hall–Kier alpha value is -2.88. The van der Waals surface area contributed by atoms with Crippen LogP contribution in [0.4, 0.5) is 0 Å². The number of rotatable bonds is 3. The van der Waals surface area contributed by atoms with Crippen LogP contribution in [0.1, 0.15) is 79.4 Å². The minimum atomic E-state index is -0.380. The normalized spacial score (nSPS) is 20.7. The molecule has 0 amide bonds. The highest BCUT2D eigenvalue weighted by Crippen LogP contribution is 2.47. The second-order valence-corrected chi connectivity index (χ2v) is 13.9. The van der Waals surface area contributed by atoms with E-state index < -0.39 is 0 Å². The van der Waals surface area contributed by atoms with Crippen molar-refractivity contribution in [1.29, 1.82) is 0 Å². The van der Waals surface area contributed by atoms with Crippen molar-refractivity contribution >= 4 is 23.4 Å². The van der Waals surface area contributed by atoms with E-state index in [1.165, 1.54) is 57.0 Å². The molecule has 39 heavy (non-hydrogen) atoms. The molecule has 0 saturated carbocycles. The van der Waals surface area contributed by atoms with Crippen molar-refractivity contribution in [3.8, 4) is 22.3 Å². The molecule has 0 spiro atoms. The predicted octanol–water partition coefficient (Wildman–Crippen LogP) is 8.82. The van der Waals surface area contributed by atoms with Gasteiger partial charge in [0, 0.05) is 0 Å². The summed E-state index contributed by atoms with van der Waals surface area (Å²) in [6.07, 6.45) is 2.46. The van der Waals surface area contributed by atoms with Crippen LogP contribution in [-0.4, -0.2) is 18.3 Å². The maximum absolute atomic E-state index is 6.41. The average molecular weight is 517 g/mol. The van der Waals surface area contributed by atoms with Crippen LogP contribution in [0.2, 0.25) is 0 Å². The molecular weight excluding hydrogens is 475 g/mol. The smallest absolute Gasteiger partial charge is 0.399 e. The summed E-state index contributed by atoms with van der Waals surface area (Å²) in [6, 6.07) is 29.2. The zero-order valence-electron chi connectivity index (χ0n) is 24.8. The van der Waals surface area contributed by atoms with Crippen molar-refractivity contribution in [3.05, 3.63) is 90.0 Å². The molecule has 1 aliphatic carbocycles. The van der Waals surface area contributed by atoms with E-state index in [1.807, 2.05) is 0 Å². The van der Waals surface area contributed by atoms with Crippen LogP contribution in [0.3, 0.4) is 0 Å². The van der Waals surface area contributed by atoms with Gasteiger partial charge in [0.25, 0.3) is 0 Å². The van der Waals surface area contributed by atoms with Crippen LogP contribution < -0.4 is 5.46 Å². The zero-order valence-corrected chi connectivity index (χ0v) is 24.8. The van der Waals surface area contributed by atoms with Gasteiger partial charge in [-0.2, -0.15) is 0 Å². The molecule has 1 saturated heterocycles. The largest absolute Gasteiger partial charge is 0.495 e. The Morgan fingerprint density at radius 3 is 1.72 bits per heavy atom. The van der Waals surface area contributed by atoms with Crippen molar-refractivity contribution < 1.29 is 9.31 Å². The van der Waals surface area contributed by atoms with E-state index >= 15 is 0 Å². The molecule has 1 heterocycles. The van der Waals surface area contributed by atoms with Crippen LogP contribution in [0.25, 0.3) is 33.0 Å². The minimum Gasteiger partial charge on any atom is -0.399 e. The van der Waals surface area contributed by atoms with Crippen molar-refractivity contribution in [2.24, 2.45) is 0 Å². The van der Waals surface area contributed by atoms with Crippen molar-refractivity contribution in [3.63, 3.8) is 0 Å². The van der Waals surface area contributed by atoms with Gasteiger partial charge in [0.1, 0.15) is 0 Å². The van der Waals surface area contributed by atoms with E-state index in [2.05, 4.69) is 134 Å². The van der Waals surface area contributed by atoms with Crippen LogP contribution in [0, 0.1) is 0 Å². The molecule has 200 valence electrons. The summed E-state index contributed by atoms with van der Waals surface area (Å²) in [5.41, 5.74) is 8.82. The Bertz CT molecular complexity index is 1540. The summed E-state index contributed by atoms with van der Waals surface area (Å²) < 4.78 is 12.8. The number of benzene rings is 4. The molecule has 1 fully saturated rings. The standard InChI is InChI=1S/C36H41BO2/c1-33(2)21-22-34(3,4)31-23-26(17-19-30(31)33)24-13-15-25(16-14-24)27-18-20-32(29-12-10-9-11-28(27)29)37-38-35(5,6)36(7,8)39-37/h9-20,23H,21-22H2,1-8H3. The van der Waals surface area contributed by atoms with E-state index in [-0.39, 0.29) is 29.2 Å². The molecule has 0 bridgehead atoms. The summed E-state index contributed by atoms with van der Waals surface area (Å²) in [5.74, 6) is 0. The molecular formula is C36H41BO2. The number of fused-ring (bicyclic) bond motifs is 2. The molecule has 4 aromatic rings. The van der Waals surface area contributed by atoms with Gasteiger partial charge in [0.15, 0.2) is 0 Å². The van der Waals surface area contributed by atoms with Crippen LogP contribution >= 0.6 is 0 Å². The molecule has 2 aliphatic rings. The van der Waals surface area contributed by atoms with Gasteiger partial charge >= 0.3 is 7.12 Å². The first-order valence-electron chi connectivity index (χ1n) is 14.4. The molecule has 1 aliphatic heterocycles. The number of hydrogen-bond donors (Lipinski definition) is 0. The Labute approximate surface area is 234 Å². The fraction of sp³-hybridized carbons (Fsp3) is 0.389. The van der Waals surface area contributed by atoms with E-state index in [1.54, 1.807) is 0 Å². The third-order valence-electron chi connectivity index (χ3n) is 9.85. The molecule has 0 atom stereocenters. The summed E-state index contributed by atoms with van der Waals surface area (Å²) in [7, 11) is -0.380. The van der Waals surface area contributed by atoms with Crippen LogP contribution in [-0.2, 0) is 20.1 Å². The van der Waals surface area contributed by atoms with Crippen molar-refractivity contribution in [2.45, 2.75) is 90.3 Å². The van der Waals surface area contributed by atoms with Gasteiger partial charge in [-0.05, 0) is 101 Å². The molecule has 0 aromatic heterocycles. The fourth-order valence-electron chi connectivity index (χ4n) is 6.36. The lowest BCUT2D eigenvalue weighted by Gasteiger charge is -2.42. The Morgan fingerprint density at radius 1 is 0.538 bits per heavy atom. The van der Waals surface area contributed by atoms with Gasteiger partial charge in [-0.25, -0.2) is 0 Å². The van der Waals surface area contributed by atoms with Crippen LogP contribution in [0.15, 0.2) is 78.9 Å². The Kier molecular flexibility index (Phi) is 5.96. The topological polar surface area (TPSA) is 18.5 Å². The summed E-state index contributed by atoms with van der Waals surface area (Å²) in [4.78, 5) is 0. The summed E-state index contributed by atoms with van der Waals surface area (Å²) >= 11 is 0. The highest BCUT2D eigenvalue weighted by Gasteiger charge is 2.52. The first kappa shape index (κ1) is 26.4. The van der Waals surface area contributed by atoms with E-state index in [9.17, 15) is 0 Å². The zero-order chi connectivity index (χ0) is 27.8. The number of hydrogen-bond acceptors (Lipinski definition) is 2. The van der Waals surface area contributed by atoms with Crippen molar-refractivity contribution in [1.82, 2.24) is 0 Å². The van der Waals surface area contributed by atoms with E-state index in [4.69, 9.17) is 9.31 Å². The van der Waals surface area contributed by atoms with E-state index in [0.717, 1.165) is 5.46 Å². The van der Waals surface area contributed by atoms with Gasteiger partial charge in [0.2, 0.25) is 0 Å². The summed E-state index contributed by atoms with van der Waals surface area (Å²) in [5, 5.41) is 2.40. The first-order valence-corrected chi connectivity index (χ1v) is 14.4. The van der Waals surface area contributed by atoms with Gasteiger partial charge in [-0.3, -0.25) is 0 Å². The van der Waals surface area contributed by atoms with E-state index in [0.29, 0.717) is 0 Å². The quantitative estimate of drug-likeness (QED) is 0.253. The maximum Gasteiger partial charge on any atom is 0.495 e. The Balaban J connectivity index is 1.36. The second kappa shape index (κ2) is 8.81. The molecule has 3 heteroatoms. The molecule has 0 unspecified atom stereocenters. The minimum absolute atomic E-state index is 0.207. The molecule has 0 N–H and O–H groups in total. The Morgan fingerprint density at radius 2 is 1.08 bits per heavy atom. The molecule has 2 nitrogen and oxygen atoms in total. The fourth-order valence-corrected chi connectivity index (χ4v) is 6.36. The SMILES string of the molecule is CC1(C)CCC(C)(C)c2cc(-c3ccc(-c4ccc(B5OC(C)(C)C(C)(C)O5)c5ccccc45)cc3)ccc21. The third kappa shape index (κ3) is 4.35. The highest BCUT2D eigenvalue weighted by atomic mass is 16.7. The van der Waals surface area contributed by atoms with Gasteiger partial charge in [-0.15, -0.1) is 0 Å². The van der Waals surface area contributed by atoms with Crippen LogP contribution in [0.5, 0.6) is 0 Å². The maximum atomic E-state index is 6.41. The molecule has 6 rings (SSSR count). The van der Waals surface area contributed by atoms with Crippen molar-refractivity contribution in [2.75, 3.05) is 0 Å². The average Bonchev–Trinajstić information content (AvgIpc) is 3.12. The monoisotopic (exact) mass is 516 g/mol. The first-order chi connectivity index (χ1) is 18.3. The molecule has 4 aromatic carbocycles. The lowest BCUT2D eigenvalue weighted by Crippen LogP contribution is -2.41. The molecule has 0 radical (unpaired) electrons. The second-order valence-electron chi connectivity index (χ2n) is 13.9. The van der Waals surface area contributed by atoms with Gasteiger partial charge in [-0.1, -0.05) is 107 Å². The predicted molar refractivity (Wildman–Crippen MR) is 166 cm³/mol. The summed E-state index contributed by atoms with van der Waals surface area (Å²) in [6.45, 7) is 18.0. The third-order valence-corrected chi connectivity index (χ3v) is 9.85. The van der Waals surface area contributed by atoms with Gasteiger partial charge in [0.05, 0.1) is 11.2 Å². The highest BCUT2D eigenvalue weighted by molar-refractivity contribution is 6.65. The van der Waals surface area contributed by atoms with Gasteiger partial charge < -0.3 is 9.31 Å². The lowest BCUT2D eigenvalue weighted by molar-refractivity contribution is 0.00578. The lowest BCUT2D eigenvalue weighted by atomic mass is 9.63.